The van der Waals surface area contributed by atoms with E-state index in [9.17, 15) is 13.2 Å². The first-order chi connectivity index (χ1) is 14.0. The van der Waals surface area contributed by atoms with Gasteiger partial charge in [-0.2, -0.15) is 0 Å². The fraction of sp³-hybridized carbons (Fsp3) is 0.409. The molecule has 1 aliphatic carbocycles. The number of carbonyl (C=O) groups is 1. The summed E-state index contributed by atoms with van der Waals surface area (Å²) in [5.41, 5.74) is 2.97. The minimum absolute atomic E-state index is 0.0390. The molecule has 0 spiro atoms. The van der Waals surface area contributed by atoms with Gasteiger partial charge in [-0.25, -0.2) is 13.1 Å². The Kier molecular flexibility index (Phi) is 7.28. The number of aryl methyl sites for hydroxylation is 2. The first-order valence-electron chi connectivity index (χ1n) is 10.1. The minimum Gasteiger partial charge on any atom is -0.494 e. The van der Waals surface area contributed by atoms with Crippen LogP contribution in [-0.4, -0.2) is 27.5 Å². The molecule has 0 bridgehead atoms. The van der Waals surface area contributed by atoms with Gasteiger partial charge in [-0.05, 0) is 67.5 Å². The molecule has 0 heterocycles. The number of benzene rings is 2. The summed E-state index contributed by atoms with van der Waals surface area (Å²) in [6.45, 7) is 2.68. The molecule has 0 unspecified atom stereocenters. The van der Waals surface area contributed by atoms with Crippen molar-refractivity contribution in [2.45, 2.75) is 50.3 Å². The van der Waals surface area contributed by atoms with Crippen LogP contribution >= 0.6 is 0 Å². The molecule has 7 heteroatoms. The molecule has 0 atom stereocenters. The Balaban J connectivity index is 1.52. The van der Waals surface area contributed by atoms with Crippen LogP contribution in [0.2, 0.25) is 0 Å². The van der Waals surface area contributed by atoms with Gasteiger partial charge in [0.15, 0.2) is 0 Å². The van der Waals surface area contributed by atoms with E-state index in [0.717, 1.165) is 37.7 Å². The molecule has 0 aromatic heterocycles. The first-order valence-corrected chi connectivity index (χ1v) is 11.6. The summed E-state index contributed by atoms with van der Waals surface area (Å²) in [6, 6.07) is 12.5. The highest BCUT2D eigenvalue weighted by atomic mass is 32.2. The number of hydrogen-bond donors (Lipinski definition) is 2. The van der Waals surface area contributed by atoms with Crippen molar-refractivity contribution in [2.75, 3.05) is 18.5 Å². The highest BCUT2D eigenvalue weighted by Gasteiger charge is 2.17. The number of fused-ring (bicyclic) bond motifs is 1. The third-order valence-electron chi connectivity index (χ3n) is 4.87. The second-order valence-corrected chi connectivity index (χ2v) is 8.98. The van der Waals surface area contributed by atoms with Crippen LogP contribution in [0.3, 0.4) is 0 Å². The lowest BCUT2D eigenvalue weighted by Gasteiger charge is -2.16. The summed E-state index contributed by atoms with van der Waals surface area (Å²) in [6.07, 6.45) is 5.12. The number of sulfonamides is 1. The lowest BCUT2D eigenvalue weighted by Crippen LogP contribution is -2.28. The number of anilines is 1. The van der Waals surface area contributed by atoms with Crippen molar-refractivity contribution >= 4 is 21.6 Å². The van der Waals surface area contributed by atoms with Gasteiger partial charge < -0.3 is 10.1 Å². The zero-order valence-corrected chi connectivity index (χ0v) is 17.6. The van der Waals surface area contributed by atoms with Crippen molar-refractivity contribution in [2.24, 2.45) is 0 Å². The van der Waals surface area contributed by atoms with Gasteiger partial charge in [0.25, 0.3) is 0 Å². The monoisotopic (exact) mass is 416 g/mol. The minimum atomic E-state index is -3.63. The van der Waals surface area contributed by atoms with Gasteiger partial charge in [0, 0.05) is 24.7 Å². The maximum atomic E-state index is 12.5. The Labute approximate surface area is 172 Å². The number of ether oxygens (including phenoxy) is 1. The van der Waals surface area contributed by atoms with Gasteiger partial charge in [-0.15, -0.1) is 0 Å². The smallest absolute Gasteiger partial charge is 0.240 e. The van der Waals surface area contributed by atoms with E-state index in [1.165, 1.54) is 5.56 Å². The molecule has 6 nitrogen and oxygen atoms in total. The average Bonchev–Trinajstić information content (AvgIpc) is 2.72. The van der Waals surface area contributed by atoms with E-state index in [0.29, 0.717) is 18.0 Å². The molecule has 0 saturated heterocycles. The molecular weight excluding hydrogens is 388 g/mol. The van der Waals surface area contributed by atoms with Crippen molar-refractivity contribution in [3.63, 3.8) is 0 Å². The van der Waals surface area contributed by atoms with Crippen molar-refractivity contribution in [3.05, 3.63) is 53.6 Å². The molecule has 1 aliphatic rings. The van der Waals surface area contributed by atoms with Gasteiger partial charge in [-0.3, -0.25) is 4.79 Å². The molecule has 29 heavy (non-hydrogen) atoms. The molecule has 0 aliphatic heterocycles. The van der Waals surface area contributed by atoms with E-state index >= 15 is 0 Å². The number of nitrogens with one attached hydrogen (secondary N) is 2. The quantitative estimate of drug-likeness (QED) is 0.653. The molecule has 2 N–H and O–H groups in total. The van der Waals surface area contributed by atoms with Crippen molar-refractivity contribution in [3.8, 4) is 5.75 Å². The molecule has 3 rings (SSSR count). The molecule has 2 aromatic carbocycles. The topological polar surface area (TPSA) is 84.5 Å². The Morgan fingerprint density at radius 1 is 1.07 bits per heavy atom. The van der Waals surface area contributed by atoms with E-state index in [2.05, 4.69) is 10.0 Å². The average molecular weight is 417 g/mol. The van der Waals surface area contributed by atoms with E-state index in [-0.39, 0.29) is 23.8 Å². The summed E-state index contributed by atoms with van der Waals surface area (Å²) in [5.74, 6) is 0.434. The highest BCUT2D eigenvalue weighted by Crippen LogP contribution is 2.24. The summed E-state index contributed by atoms with van der Waals surface area (Å²) in [5, 5.41) is 2.77. The van der Waals surface area contributed by atoms with Crippen LogP contribution in [0.15, 0.2) is 47.4 Å². The number of amides is 1. The Morgan fingerprint density at radius 2 is 1.86 bits per heavy atom. The van der Waals surface area contributed by atoms with E-state index in [4.69, 9.17) is 4.74 Å². The number of rotatable bonds is 9. The van der Waals surface area contributed by atoms with Gasteiger partial charge >= 0.3 is 0 Å². The third kappa shape index (κ3) is 6.05. The third-order valence-corrected chi connectivity index (χ3v) is 6.32. The maximum Gasteiger partial charge on any atom is 0.240 e. The number of carbonyl (C=O) groups excluding carboxylic acids is 1. The van der Waals surface area contributed by atoms with E-state index in [1.807, 2.05) is 19.1 Å². The molecule has 0 saturated carbocycles. The SMILES string of the molecule is CCCOc1cccc(NC(=O)CCNS(=O)(=O)c2ccc3c(c2)CCCC3)c1. The van der Waals surface area contributed by atoms with Crippen LogP contribution in [0.1, 0.15) is 43.7 Å². The molecule has 0 radical (unpaired) electrons. The standard InChI is InChI=1S/C22H28N2O4S/c1-2-14-28-20-9-5-8-19(16-20)24-22(25)12-13-23-29(26,27)21-11-10-17-6-3-4-7-18(17)15-21/h5,8-11,15-16,23H,2-4,6-7,12-14H2,1H3,(H,24,25). The number of hydrogen-bond acceptors (Lipinski definition) is 4. The van der Waals surface area contributed by atoms with E-state index in [1.54, 1.807) is 30.3 Å². The predicted molar refractivity (Wildman–Crippen MR) is 114 cm³/mol. The molecular formula is C22H28N2O4S. The van der Waals surface area contributed by atoms with Crippen molar-refractivity contribution in [1.29, 1.82) is 0 Å². The van der Waals surface area contributed by atoms with Crippen molar-refractivity contribution < 1.29 is 17.9 Å². The van der Waals surface area contributed by atoms with E-state index < -0.39 is 10.0 Å². The molecule has 156 valence electrons. The Bertz CT molecular complexity index is 957. The van der Waals surface area contributed by atoms with Crippen LogP contribution in [0, 0.1) is 0 Å². The highest BCUT2D eigenvalue weighted by molar-refractivity contribution is 7.89. The zero-order chi connectivity index (χ0) is 20.7. The van der Waals surface area contributed by atoms with Crippen LogP contribution in [0.5, 0.6) is 5.75 Å². The lowest BCUT2D eigenvalue weighted by atomic mass is 9.92. The summed E-state index contributed by atoms with van der Waals surface area (Å²) in [7, 11) is -3.63. The fourth-order valence-corrected chi connectivity index (χ4v) is 4.45. The fourth-order valence-electron chi connectivity index (χ4n) is 3.37. The zero-order valence-electron chi connectivity index (χ0n) is 16.7. The largest absolute Gasteiger partial charge is 0.494 e. The maximum absolute atomic E-state index is 12.5. The van der Waals surface area contributed by atoms with Crippen LogP contribution in [0.25, 0.3) is 0 Å². The van der Waals surface area contributed by atoms with Gasteiger partial charge in [0.2, 0.25) is 15.9 Å². The molecule has 2 aromatic rings. The summed E-state index contributed by atoms with van der Waals surface area (Å²) < 4.78 is 33.2. The Hall–Kier alpha value is -2.38. The second-order valence-electron chi connectivity index (χ2n) is 7.21. The van der Waals surface area contributed by atoms with Gasteiger partial charge in [-0.1, -0.05) is 19.1 Å². The summed E-state index contributed by atoms with van der Waals surface area (Å²) >= 11 is 0. The molecule has 0 fully saturated rings. The van der Waals surface area contributed by atoms with Crippen LogP contribution in [0.4, 0.5) is 5.69 Å². The molecule has 1 amide bonds. The Morgan fingerprint density at radius 3 is 2.66 bits per heavy atom. The van der Waals surface area contributed by atoms with Gasteiger partial charge in [0.1, 0.15) is 5.75 Å². The van der Waals surface area contributed by atoms with Crippen LogP contribution < -0.4 is 14.8 Å². The van der Waals surface area contributed by atoms with Crippen LogP contribution in [-0.2, 0) is 27.7 Å². The lowest BCUT2D eigenvalue weighted by molar-refractivity contribution is -0.116. The van der Waals surface area contributed by atoms with Gasteiger partial charge in [0.05, 0.1) is 11.5 Å². The first kappa shape index (κ1) is 21.3. The normalized spacial score (nSPS) is 13.6. The van der Waals surface area contributed by atoms with Crippen molar-refractivity contribution in [1.82, 2.24) is 4.72 Å². The second kappa shape index (κ2) is 9.89. The predicted octanol–water partition coefficient (Wildman–Crippen LogP) is 3.66. The summed E-state index contributed by atoms with van der Waals surface area (Å²) in [4.78, 5) is 12.4.